The Hall–Kier alpha value is -1.33. The first-order valence-corrected chi connectivity index (χ1v) is 7.91. The summed E-state index contributed by atoms with van der Waals surface area (Å²) in [5.41, 5.74) is 2.28. The van der Waals surface area contributed by atoms with Crippen LogP contribution in [0.25, 0.3) is 0 Å². The van der Waals surface area contributed by atoms with E-state index in [9.17, 15) is 0 Å². The Balaban J connectivity index is 1.92. The zero-order valence-electron chi connectivity index (χ0n) is 12.0. The Morgan fingerprint density at radius 2 is 2.40 bits per heavy atom. The highest BCUT2D eigenvalue weighted by Gasteiger charge is 2.39. The predicted molar refractivity (Wildman–Crippen MR) is 80.5 cm³/mol. The van der Waals surface area contributed by atoms with Gasteiger partial charge in [-0.15, -0.1) is 11.3 Å². The van der Waals surface area contributed by atoms with E-state index in [1.807, 2.05) is 6.07 Å². The fourth-order valence-corrected chi connectivity index (χ4v) is 3.63. The summed E-state index contributed by atoms with van der Waals surface area (Å²) in [4.78, 5) is 3.84. The first-order valence-electron chi connectivity index (χ1n) is 7.03. The number of rotatable bonds is 4. The van der Waals surface area contributed by atoms with E-state index in [1.165, 1.54) is 10.6 Å². The number of aryl methyl sites for hydroxylation is 1. The van der Waals surface area contributed by atoms with E-state index in [0.717, 1.165) is 38.3 Å². The van der Waals surface area contributed by atoms with Crippen molar-refractivity contribution in [1.29, 1.82) is 0 Å². The molecule has 4 nitrogen and oxygen atoms in total. The van der Waals surface area contributed by atoms with Gasteiger partial charge in [0.2, 0.25) is 0 Å². The molecule has 0 aliphatic carbocycles. The molecule has 3 rings (SSSR count). The molecule has 0 amide bonds. The largest absolute Gasteiger partial charge is 0.377 e. The number of hydrogen-bond donors (Lipinski definition) is 0. The van der Waals surface area contributed by atoms with Crippen LogP contribution < -0.4 is 4.90 Å². The minimum Gasteiger partial charge on any atom is -0.377 e. The second-order valence-electron chi connectivity index (χ2n) is 5.37. The Morgan fingerprint density at radius 1 is 1.50 bits per heavy atom. The van der Waals surface area contributed by atoms with Crippen LogP contribution in [0.1, 0.15) is 23.9 Å². The van der Waals surface area contributed by atoms with E-state index in [1.54, 1.807) is 17.6 Å². The zero-order valence-corrected chi connectivity index (χ0v) is 12.8. The highest BCUT2D eigenvalue weighted by Crippen LogP contribution is 2.35. The molecule has 0 radical (unpaired) electrons. The molecule has 1 aliphatic rings. The monoisotopic (exact) mass is 292 g/mol. The lowest BCUT2D eigenvalue weighted by atomic mass is 9.87. The molecule has 3 heterocycles. The number of nitrogens with zero attached hydrogens (tertiary/aromatic N) is 2. The molecule has 5 heteroatoms. The third-order valence-electron chi connectivity index (χ3n) is 4.09. The molecule has 0 aromatic carbocycles. The van der Waals surface area contributed by atoms with Crippen LogP contribution in [0.15, 0.2) is 28.3 Å². The van der Waals surface area contributed by atoms with Crippen molar-refractivity contribution >= 4 is 17.0 Å². The summed E-state index contributed by atoms with van der Waals surface area (Å²) in [5, 5.41) is 6.33. The van der Waals surface area contributed by atoms with Gasteiger partial charge in [0.05, 0.1) is 24.4 Å². The van der Waals surface area contributed by atoms with Gasteiger partial charge in [-0.1, -0.05) is 12.1 Å². The van der Waals surface area contributed by atoms with Crippen LogP contribution >= 0.6 is 11.3 Å². The SMILES string of the molecule is CCC1(Cc2ccon2)COCCN1c1csc(C)c1. The smallest absolute Gasteiger partial charge is 0.124 e. The van der Waals surface area contributed by atoms with Crippen molar-refractivity contribution in [2.45, 2.75) is 32.2 Å². The summed E-state index contributed by atoms with van der Waals surface area (Å²) in [6, 6.07) is 4.21. The first-order chi connectivity index (χ1) is 9.73. The lowest BCUT2D eigenvalue weighted by Crippen LogP contribution is -2.58. The summed E-state index contributed by atoms with van der Waals surface area (Å²) >= 11 is 1.80. The number of aromatic nitrogens is 1. The summed E-state index contributed by atoms with van der Waals surface area (Å²) < 4.78 is 10.8. The van der Waals surface area contributed by atoms with Gasteiger partial charge in [0.15, 0.2) is 0 Å². The molecule has 1 aliphatic heterocycles. The van der Waals surface area contributed by atoms with E-state index < -0.39 is 0 Å². The molecule has 0 spiro atoms. The molecule has 1 saturated heterocycles. The highest BCUT2D eigenvalue weighted by atomic mass is 32.1. The standard InChI is InChI=1S/C15H20N2O2S/c1-3-15(9-13-4-6-19-16-13)11-18-7-5-17(15)14-8-12(2)20-10-14/h4,6,8,10H,3,5,7,9,11H2,1-2H3. The fourth-order valence-electron chi connectivity index (χ4n) is 2.94. The van der Waals surface area contributed by atoms with Gasteiger partial charge in [0, 0.05) is 35.0 Å². The van der Waals surface area contributed by atoms with Crippen LogP contribution in [0.2, 0.25) is 0 Å². The minimum absolute atomic E-state index is 0.0252. The van der Waals surface area contributed by atoms with Crippen LogP contribution in [-0.2, 0) is 11.2 Å². The molecule has 1 fully saturated rings. The summed E-state index contributed by atoms with van der Waals surface area (Å²) in [7, 11) is 0. The topological polar surface area (TPSA) is 38.5 Å². The van der Waals surface area contributed by atoms with Crippen LogP contribution in [0.3, 0.4) is 0 Å². The number of thiophene rings is 1. The summed E-state index contributed by atoms with van der Waals surface area (Å²) in [6.45, 7) is 6.84. The lowest BCUT2D eigenvalue weighted by Gasteiger charge is -2.47. The van der Waals surface area contributed by atoms with Gasteiger partial charge in [0.1, 0.15) is 6.26 Å². The maximum atomic E-state index is 5.79. The van der Waals surface area contributed by atoms with Crippen LogP contribution in [0, 0.1) is 6.92 Å². The predicted octanol–water partition coefficient (Wildman–Crippen LogP) is 3.27. The van der Waals surface area contributed by atoms with Crippen molar-refractivity contribution in [1.82, 2.24) is 5.16 Å². The minimum atomic E-state index is -0.0252. The van der Waals surface area contributed by atoms with Crippen LogP contribution in [-0.4, -0.2) is 30.5 Å². The molecule has 0 N–H and O–H groups in total. The third-order valence-corrected chi connectivity index (χ3v) is 4.94. The Labute approximate surface area is 123 Å². The number of hydrogen-bond acceptors (Lipinski definition) is 5. The molecule has 1 unspecified atom stereocenters. The second-order valence-corrected chi connectivity index (χ2v) is 6.48. The van der Waals surface area contributed by atoms with Gasteiger partial charge in [0.25, 0.3) is 0 Å². The van der Waals surface area contributed by atoms with Crippen molar-refractivity contribution in [2.24, 2.45) is 0 Å². The summed E-state index contributed by atoms with van der Waals surface area (Å²) in [5.74, 6) is 0. The summed E-state index contributed by atoms with van der Waals surface area (Å²) in [6.07, 6.45) is 3.52. The van der Waals surface area contributed by atoms with Gasteiger partial charge in [-0.05, 0) is 19.4 Å². The number of anilines is 1. The maximum absolute atomic E-state index is 5.79. The Morgan fingerprint density at radius 3 is 3.05 bits per heavy atom. The average Bonchev–Trinajstić information content (AvgIpc) is 3.11. The molecule has 2 aromatic heterocycles. The molecule has 20 heavy (non-hydrogen) atoms. The molecule has 0 saturated carbocycles. The van der Waals surface area contributed by atoms with Gasteiger partial charge >= 0.3 is 0 Å². The normalized spacial score (nSPS) is 23.2. The zero-order chi connectivity index (χ0) is 14.0. The van der Waals surface area contributed by atoms with E-state index in [-0.39, 0.29) is 5.54 Å². The van der Waals surface area contributed by atoms with E-state index >= 15 is 0 Å². The third kappa shape index (κ3) is 2.47. The fraction of sp³-hybridized carbons (Fsp3) is 0.533. The lowest BCUT2D eigenvalue weighted by molar-refractivity contribution is 0.0469. The van der Waals surface area contributed by atoms with E-state index in [0.29, 0.717) is 0 Å². The van der Waals surface area contributed by atoms with E-state index in [2.05, 4.69) is 35.4 Å². The van der Waals surface area contributed by atoms with Gasteiger partial charge in [-0.2, -0.15) is 0 Å². The van der Waals surface area contributed by atoms with E-state index in [4.69, 9.17) is 9.26 Å². The van der Waals surface area contributed by atoms with Crippen molar-refractivity contribution in [2.75, 3.05) is 24.7 Å². The maximum Gasteiger partial charge on any atom is 0.124 e. The Bertz CT molecular complexity index is 552. The molecular weight excluding hydrogens is 272 g/mol. The first kappa shape index (κ1) is 13.6. The molecule has 2 aromatic rings. The number of morpholine rings is 1. The second kappa shape index (κ2) is 5.58. The van der Waals surface area contributed by atoms with Gasteiger partial charge in [-0.3, -0.25) is 0 Å². The van der Waals surface area contributed by atoms with Crippen molar-refractivity contribution in [3.63, 3.8) is 0 Å². The van der Waals surface area contributed by atoms with Crippen molar-refractivity contribution in [3.8, 4) is 0 Å². The Kier molecular flexibility index (Phi) is 3.81. The van der Waals surface area contributed by atoms with Gasteiger partial charge < -0.3 is 14.2 Å². The molecule has 0 bridgehead atoms. The van der Waals surface area contributed by atoms with Crippen LogP contribution in [0.5, 0.6) is 0 Å². The van der Waals surface area contributed by atoms with Crippen molar-refractivity contribution in [3.05, 3.63) is 34.3 Å². The van der Waals surface area contributed by atoms with Gasteiger partial charge in [-0.25, -0.2) is 0 Å². The quantitative estimate of drug-likeness (QED) is 0.867. The molecule has 1 atom stereocenters. The highest BCUT2D eigenvalue weighted by molar-refractivity contribution is 7.10. The molecular formula is C15H20N2O2S. The average molecular weight is 292 g/mol. The molecule has 108 valence electrons. The van der Waals surface area contributed by atoms with Crippen LogP contribution in [0.4, 0.5) is 5.69 Å². The van der Waals surface area contributed by atoms with Crippen molar-refractivity contribution < 1.29 is 9.26 Å². The number of ether oxygens (including phenoxy) is 1.